The molecule has 0 bridgehead atoms. The first-order valence-corrected chi connectivity index (χ1v) is 6.56. The number of methoxy groups -OCH3 is 2. The molecule has 0 heterocycles. The van der Waals surface area contributed by atoms with Gasteiger partial charge in [-0.3, -0.25) is 4.79 Å². The van der Waals surface area contributed by atoms with Gasteiger partial charge < -0.3 is 14.8 Å². The topological polar surface area (TPSA) is 47.6 Å². The van der Waals surface area contributed by atoms with Crippen LogP contribution in [0.4, 0.5) is 18.9 Å². The molecule has 0 aliphatic heterocycles. The Balaban J connectivity index is 2.37. The minimum absolute atomic E-state index is 0.217. The molecule has 7 heteroatoms. The number of hydrogen-bond acceptors (Lipinski definition) is 3. The highest BCUT2D eigenvalue weighted by molar-refractivity contribution is 6.06. The second-order valence-corrected chi connectivity index (χ2v) is 4.56. The average Bonchev–Trinajstić information content (AvgIpc) is 2.54. The van der Waals surface area contributed by atoms with E-state index >= 15 is 0 Å². The molecule has 0 aliphatic carbocycles. The van der Waals surface area contributed by atoms with Crippen molar-refractivity contribution in [1.82, 2.24) is 0 Å². The number of benzene rings is 2. The number of amides is 1. The molecule has 0 aromatic heterocycles. The van der Waals surface area contributed by atoms with Gasteiger partial charge >= 0.3 is 6.18 Å². The minimum Gasteiger partial charge on any atom is -0.497 e. The van der Waals surface area contributed by atoms with E-state index < -0.39 is 23.2 Å². The molecule has 0 radical (unpaired) electrons. The summed E-state index contributed by atoms with van der Waals surface area (Å²) < 4.78 is 49.1. The maximum absolute atomic E-state index is 13.0. The maximum atomic E-state index is 13.0. The fourth-order valence-electron chi connectivity index (χ4n) is 2.03. The van der Waals surface area contributed by atoms with Gasteiger partial charge in [-0.25, -0.2) is 0 Å². The van der Waals surface area contributed by atoms with Crippen LogP contribution in [0.5, 0.6) is 11.5 Å². The molecule has 0 saturated carbocycles. The van der Waals surface area contributed by atoms with E-state index in [0.29, 0.717) is 11.5 Å². The van der Waals surface area contributed by atoms with Gasteiger partial charge in [0.2, 0.25) is 0 Å². The Bertz CT molecular complexity index is 714. The van der Waals surface area contributed by atoms with Crippen LogP contribution in [0.1, 0.15) is 15.9 Å². The summed E-state index contributed by atoms with van der Waals surface area (Å²) in [4.78, 5) is 12.2. The smallest absolute Gasteiger partial charge is 0.417 e. The largest absolute Gasteiger partial charge is 0.497 e. The molecule has 0 atom stereocenters. The van der Waals surface area contributed by atoms with Crippen molar-refractivity contribution in [3.63, 3.8) is 0 Å². The molecule has 0 fully saturated rings. The van der Waals surface area contributed by atoms with Crippen LogP contribution in [0.2, 0.25) is 0 Å². The highest BCUT2D eigenvalue weighted by atomic mass is 19.4. The van der Waals surface area contributed by atoms with Gasteiger partial charge in [0, 0.05) is 6.07 Å². The fourth-order valence-corrected chi connectivity index (χ4v) is 2.03. The maximum Gasteiger partial charge on any atom is 0.417 e. The Labute approximate surface area is 130 Å². The van der Waals surface area contributed by atoms with Crippen LogP contribution in [0.3, 0.4) is 0 Å². The normalized spacial score (nSPS) is 11.0. The van der Waals surface area contributed by atoms with Crippen LogP contribution in [-0.4, -0.2) is 20.1 Å². The molecule has 0 saturated heterocycles. The zero-order valence-electron chi connectivity index (χ0n) is 12.4. The van der Waals surface area contributed by atoms with Crippen molar-refractivity contribution >= 4 is 11.6 Å². The number of rotatable bonds is 4. The van der Waals surface area contributed by atoms with Gasteiger partial charge in [0.25, 0.3) is 5.91 Å². The molecule has 0 spiro atoms. The van der Waals surface area contributed by atoms with Crippen molar-refractivity contribution in [2.75, 3.05) is 19.5 Å². The summed E-state index contributed by atoms with van der Waals surface area (Å²) in [5, 5.41) is 2.42. The van der Waals surface area contributed by atoms with Crippen molar-refractivity contribution in [2.45, 2.75) is 6.18 Å². The fraction of sp³-hybridized carbons (Fsp3) is 0.188. The first-order chi connectivity index (χ1) is 10.9. The van der Waals surface area contributed by atoms with Crippen LogP contribution < -0.4 is 14.8 Å². The summed E-state index contributed by atoms with van der Waals surface area (Å²) in [7, 11) is 2.83. The number of anilines is 1. The van der Waals surface area contributed by atoms with Crippen molar-refractivity contribution in [1.29, 1.82) is 0 Å². The highest BCUT2D eigenvalue weighted by Crippen LogP contribution is 2.33. The molecule has 2 aromatic carbocycles. The number of halogens is 3. The first-order valence-electron chi connectivity index (χ1n) is 6.56. The highest BCUT2D eigenvalue weighted by Gasteiger charge is 2.34. The van der Waals surface area contributed by atoms with E-state index in [1.807, 2.05) is 0 Å². The van der Waals surface area contributed by atoms with Gasteiger partial charge in [0.05, 0.1) is 31.0 Å². The Morgan fingerprint density at radius 1 is 1.04 bits per heavy atom. The number of ether oxygens (including phenoxy) is 2. The molecule has 2 rings (SSSR count). The van der Waals surface area contributed by atoms with E-state index in [1.54, 1.807) is 12.1 Å². The molecule has 4 nitrogen and oxygen atoms in total. The molecular weight excluding hydrogens is 311 g/mol. The van der Waals surface area contributed by atoms with Crippen molar-refractivity contribution in [3.8, 4) is 11.5 Å². The van der Waals surface area contributed by atoms with E-state index in [4.69, 9.17) is 9.47 Å². The van der Waals surface area contributed by atoms with E-state index in [-0.39, 0.29) is 5.69 Å². The summed E-state index contributed by atoms with van der Waals surface area (Å²) in [6.45, 7) is 0. The SMILES string of the molecule is COc1ccc(OC)c(NC(=O)c2ccccc2C(F)(F)F)c1. The van der Waals surface area contributed by atoms with Crippen molar-refractivity contribution in [3.05, 3.63) is 53.6 Å². The zero-order chi connectivity index (χ0) is 17.0. The summed E-state index contributed by atoms with van der Waals surface area (Å²) in [6.07, 6.45) is -4.62. The average molecular weight is 325 g/mol. The quantitative estimate of drug-likeness (QED) is 0.925. The van der Waals surface area contributed by atoms with E-state index in [9.17, 15) is 18.0 Å². The molecule has 23 heavy (non-hydrogen) atoms. The third kappa shape index (κ3) is 3.74. The van der Waals surface area contributed by atoms with Crippen molar-refractivity contribution < 1.29 is 27.4 Å². The number of nitrogens with one attached hydrogen (secondary N) is 1. The lowest BCUT2D eigenvalue weighted by Gasteiger charge is -2.14. The lowest BCUT2D eigenvalue weighted by Crippen LogP contribution is -2.19. The standard InChI is InChI=1S/C16H14F3NO3/c1-22-10-7-8-14(23-2)13(9-10)20-15(21)11-5-3-4-6-12(11)16(17,18)19/h3-9H,1-2H3,(H,20,21). The lowest BCUT2D eigenvalue weighted by atomic mass is 10.1. The number of carbonyl (C=O) groups is 1. The van der Waals surface area contributed by atoms with Crippen LogP contribution in [0.15, 0.2) is 42.5 Å². The van der Waals surface area contributed by atoms with Gasteiger partial charge in [0.1, 0.15) is 11.5 Å². The van der Waals surface area contributed by atoms with Crippen LogP contribution in [0, 0.1) is 0 Å². The molecule has 122 valence electrons. The Morgan fingerprint density at radius 3 is 2.35 bits per heavy atom. The van der Waals surface area contributed by atoms with Crippen LogP contribution in [-0.2, 0) is 6.18 Å². The van der Waals surface area contributed by atoms with Gasteiger partial charge in [-0.2, -0.15) is 13.2 Å². The summed E-state index contributed by atoms with van der Waals surface area (Å²) >= 11 is 0. The Hall–Kier alpha value is -2.70. The third-order valence-electron chi connectivity index (χ3n) is 3.13. The molecule has 2 aromatic rings. The molecule has 0 unspecified atom stereocenters. The van der Waals surface area contributed by atoms with Gasteiger partial charge in [-0.15, -0.1) is 0 Å². The number of hydrogen-bond donors (Lipinski definition) is 1. The molecule has 0 aliphatic rings. The number of alkyl halides is 3. The van der Waals surface area contributed by atoms with E-state index in [2.05, 4.69) is 5.32 Å². The van der Waals surface area contributed by atoms with Gasteiger partial charge in [-0.1, -0.05) is 12.1 Å². The van der Waals surface area contributed by atoms with Crippen LogP contribution in [0.25, 0.3) is 0 Å². The summed E-state index contributed by atoms with van der Waals surface area (Å²) in [5.74, 6) is -0.140. The summed E-state index contributed by atoms with van der Waals surface area (Å²) in [6, 6.07) is 9.19. The lowest BCUT2D eigenvalue weighted by molar-refractivity contribution is -0.137. The predicted molar refractivity (Wildman–Crippen MR) is 78.9 cm³/mol. The predicted octanol–water partition coefficient (Wildman–Crippen LogP) is 3.97. The van der Waals surface area contributed by atoms with Gasteiger partial charge in [0.15, 0.2) is 0 Å². The number of carbonyl (C=O) groups excluding carboxylic acids is 1. The second-order valence-electron chi connectivity index (χ2n) is 4.56. The van der Waals surface area contributed by atoms with E-state index in [1.165, 1.54) is 32.4 Å². The second kappa shape index (κ2) is 6.60. The zero-order valence-corrected chi connectivity index (χ0v) is 12.4. The van der Waals surface area contributed by atoms with Crippen molar-refractivity contribution in [2.24, 2.45) is 0 Å². The molecule has 1 N–H and O–H groups in total. The monoisotopic (exact) mass is 325 g/mol. The third-order valence-corrected chi connectivity index (χ3v) is 3.13. The van der Waals surface area contributed by atoms with E-state index in [0.717, 1.165) is 12.1 Å². The minimum atomic E-state index is -4.62. The Kier molecular flexibility index (Phi) is 4.78. The molecule has 1 amide bonds. The molecular formula is C16H14F3NO3. The van der Waals surface area contributed by atoms with Gasteiger partial charge in [-0.05, 0) is 24.3 Å². The summed E-state index contributed by atoms with van der Waals surface area (Å²) in [5.41, 5.74) is -1.25. The first kappa shape index (κ1) is 16.7. The Morgan fingerprint density at radius 2 is 1.74 bits per heavy atom. The van der Waals surface area contributed by atoms with Crippen LogP contribution >= 0.6 is 0 Å².